The first-order valence-electron chi connectivity index (χ1n) is 3.90. The van der Waals surface area contributed by atoms with E-state index >= 15 is 0 Å². The Balaban J connectivity index is 0. The second-order valence-corrected chi connectivity index (χ2v) is 7.49. The normalized spacial score (nSPS) is 11.9. The number of rotatable bonds is 3. The van der Waals surface area contributed by atoms with Gasteiger partial charge in [0.25, 0.3) is 0 Å². The van der Waals surface area contributed by atoms with Gasteiger partial charge in [0, 0.05) is 5.75 Å². The van der Waals surface area contributed by atoms with Crippen molar-refractivity contribution in [2.75, 3.05) is 0 Å². The molecule has 1 unspecified atom stereocenters. The molecule has 5 nitrogen and oxygen atoms in total. The van der Waals surface area contributed by atoms with E-state index in [0.717, 1.165) is 5.56 Å². The standard InChI is InChI=1S/C9H12O3S2.2H3N/c1-2-13(14(10,11)12)8-9-6-4-3-5-7-9;;/h2-7H,1,8H2,(H2,10,11,12);2*1H3. The van der Waals surface area contributed by atoms with Gasteiger partial charge in [-0.25, -0.2) is 4.21 Å². The maximum atomic E-state index is 11.0. The predicted molar refractivity (Wildman–Crippen MR) is 71.2 cm³/mol. The minimum absolute atomic E-state index is 0. The van der Waals surface area contributed by atoms with Crippen molar-refractivity contribution in [2.24, 2.45) is 0 Å². The highest BCUT2D eigenvalue weighted by atomic mass is 32.9. The Labute approximate surface area is 98.0 Å². The van der Waals surface area contributed by atoms with Gasteiger partial charge in [0.1, 0.15) is 0 Å². The lowest BCUT2D eigenvalue weighted by Crippen LogP contribution is -2.06. The van der Waals surface area contributed by atoms with Crippen molar-refractivity contribution >= 4 is 18.5 Å². The van der Waals surface area contributed by atoms with Gasteiger partial charge in [0.15, 0.2) is 0 Å². The smallest absolute Gasteiger partial charge is 0.227 e. The molecule has 0 fully saturated rings. The fraction of sp³-hybridized carbons (Fsp3) is 0.111. The molecule has 0 aromatic heterocycles. The largest absolute Gasteiger partial charge is 0.344 e. The van der Waals surface area contributed by atoms with Gasteiger partial charge in [0.2, 0.25) is 9.05 Å². The van der Waals surface area contributed by atoms with Gasteiger partial charge in [-0.2, -0.15) is 0 Å². The number of hydrogen-bond acceptors (Lipinski definition) is 3. The van der Waals surface area contributed by atoms with Crippen LogP contribution in [0, 0.1) is 0 Å². The summed E-state index contributed by atoms with van der Waals surface area (Å²) in [6.07, 6.45) is 0. The minimum atomic E-state index is -3.75. The Morgan fingerprint density at radius 1 is 1.25 bits per heavy atom. The maximum absolute atomic E-state index is 11.0. The van der Waals surface area contributed by atoms with Crippen LogP contribution in [0.15, 0.2) is 42.3 Å². The molecule has 0 saturated carbocycles. The molecule has 0 saturated heterocycles. The highest BCUT2D eigenvalue weighted by Crippen LogP contribution is 2.07. The summed E-state index contributed by atoms with van der Waals surface area (Å²) < 4.78 is 28.9. The average Bonchev–Trinajstić information content (AvgIpc) is 2.14. The van der Waals surface area contributed by atoms with Crippen molar-refractivity contribution in [1.82, 2.24) is 12.3 Å². The highest BCUT2D eigenvalue weighted by molar-refractivity contribution is 8.43. The third-order valence-corrected chi connectivity index (χ3v) is 5.60. The highest BCUT2D eigenvalue weighted by Gasteiger charge is 2.04. The first-order chi connectivity index (χ1) is 6.54. The first kappa shape index (κ1) is 17.7. The van der Waals surface area contributed by atoms with Crippen LogP contribution in [0.1, 0.15) is 5.56 Å². The molecule has 7 heteroatoms. The van der Waals surface area contributed by atoms with Crippen molar-refractivity contribution < 1.29 is 13.3 Å². The van der Waals surface area contributed by atoms with Crippen LogP contribution in [0.4, 0.5) is 0 Å². The van der Waals surface area contributed by atoms with Crippen LogP contribution < -0.4 is 12.3 Å². The summed E-state index contributed by atoms with van der Waals surface area (Å²) in [5, 5.41) is 1.33. The van der Waals surface area contributed by atoms with Crippen LogP contribution in [0.25, 0.3) is 0 Å². The second-order valence-electron chi connectivity index (χ2n) is 2.63. The summed E-state index contributed by atoms with van der Waals surface area (Å²) in [6, 6.07) is 9.24. The third-order valence-electron chi connectivity index (χ3n) is 1.62. The summed E-state index contributed by atoms with van der Waals surface area (Å²) in [5.74, 6) is 0.343. The molecule has 1 aromatic carbocycles. The van der Waals surface area contributed by atoms with Crippen molar-refractivity contribution in [3.63, 3.8) is 0 Å². The van der Waals surface area contributed by atoms with E-state index in [2.05, 4.69) is 6.58 Å². The van der Waals surface area contributed by atoms with Gasteiger partial charge in [-0.15, -0.1) is 0 Å². The van der Waals surface area contributed by atoms with Gasteiger partial charge in [0.05, 0.1) is 0 Å². The third kappa shape index (κ3) is 5.40. The molecule has 0 aliphatic carbocycles. The first-order valence-corrected chi connectivity index (χ1v) is 7.34. The summed E-state index contributed by atoms with van der Waals surface area (Å²) in [6.45, 7) is 3.44. The molecule has 0 heterocycles. The molecule has 0 aliphatic heterocycles. The predicted octanol–water partition coefficient (Wildman–Crippen LogP) is 2.42. The molecule has 0 aliphatic rings. The van der Waals surface area contributed by atoms with Gasteiger partial charge in [-0.1, -0.05) is 46.4 Å². The van der Waals surface area contributed by atoms with Crippen LogP contribution in [-0.4, -0.2) is 13.3 Å². The van der Waals surface area contributed by atoms with Crippen LogP contribution in [-0.2, 0) is 24.3 Å². The van der Waals surface area contributed by atoms with E-state index in [1.165, 1.54) is 5.41 Å². The Hall–Kier alpha value is -0.700. The zero-order valence-electron chi connectivity index (χ0n) is 8.91. The SMILES string of the molecule is C=CS(Cc1ccccc1)=S(=O)(O)O.N.N. The molecule has 0 spiro atoms. The quantitative estimate of drug-likeness (QED) is 0.668. The summed E-state index contributed by atoms with van der Waals surface area (Å²) in [5.41, 5.74) is 0.909. The Morgan fingerprint density at radius 3 is 2.12 bits per heavy atom. The summed E-state index contributed by atoms with van der Waals surface area (Å²) >= 11 is 0. The summed E-state index contributed by atoms with van der Waals surface area (Å²) in [7, 11) is -4.85. The van der Waals surface area contributed by atoms with E-state index in [1.54, 1.807) is 0 Å². The van der Waals surface area contributed by atoms with Crippen molar-refractivity contribution in [3.05, 3.63) is 47.9 Å². The molecule has 1 rings (SSSR count). The Bertz CT molecular complexity index is 431. The van der Waals surface area contributed by atoms with E-state index in [4.69, 9.17) is 9.11 Å². The zero-order valence-corrected chi connectivity index (χ0v) is 10.5. The van der Waals surface area contributed by atoms with Crippen molar-refractivity contribution in [1.29, 1.82) is 0 Å². The van der Waals surface area contributed by atoms with Gasteiger partial charge in [-0.3, -0.25) is 9.11 Å². The number of hydrogen-bond donors (Lipinski definition) is 4. The van der Waals surface area contributed by atoms with Crippen LogP contribution in [0.5, 0.6) is 0 Å². The maximum Gasteiger partial charge on any atom is 0.227 e. The van der Waals surface area contributed by atoms with Crippen molar-refractivity contribution in [3.8, 4) is 0 Å². The van der Waals surface area contributed by atoms with E-state index in [0.29, 0.717) is 5.75 Å². The molecule has 0 radical (unpaired) electrons. The molecule has 0 bridgehead atoms. The van der Waals surface area contributed by atoms with Gasteiger partial charge < -0.3 is 12.3 Å². The second kappa shape index (κ2) is 7.55. The molecule has 1 aromatic rings. The fourth-order valence-electron chi connectivity index (χ4n) is 0.963. The summed E-state index contributed by atoms with van der Waals surface area (Å²) in [4.78, 5) is 0. The van der Waals surface area contributed by atoms with Crippen LogP contribution in [0.3, 0.4) is 0 Å². The molecule has 16 heavy (non-hydrogen) atoms. The van der Waals surface area contributed by atoms with E-state index < -0.39 is 18.5 Å². The Kier molecular flexibility index (Phi) is 8.35. The monoisotopic (exact) mass is 266 g/mol. The fourth-order valence-corrected chi connectivity index (χ4v) is 3.33. The van der Waals surface area contributed by atoms with Crippen LogP contribution in [0.2, 0.25) is 0 Å². The molecular weight excluding hydrogens is 248 g/mol. The Morgan fingerprint density at radius 2 is 1.75 bits per heavy atom. The van der Waals surface area contributed by atoms with Crippen LogP contribution >= 0.6 is 0 Å². The minimum Gasteiger partial charge on any atom is -0.344 e. The van der Waals surface area contributed by atoms with Gasteiger partial charge in [-0.05, 0) is 11.0 Å². The van der Waals surface area contributed by atoms with E-state index in [-0.39, 0.29) is 12.3 Å². The van der Waals surface area contributed by atoms with E-state index in [9.17, 15) is 4.21 Å². The molecular formula is C9H18N2O3S2. The van der Waals surface area contributed by atoms with Gasteiger partial charge >= 0.3 is 0 Å². The molecule has 94 valence electrons. The molecule has 8 N–H and O–H groups in total. The lowest BCUT2D eigenvalue weighted by molar-refractivity contribution is 0.450. The lowest BCUT2D eigenvalue weighted by Gasteiger charge is -2.05. The van der Waals surface area contributed by atoms with Crippen molar-refractivity contribution in [2.45, 2.75) is 5.75 Å². The number of benzene rings is 1. The van der Waals surface area contributed by atoms with E-state index in [1.807, 2.05) is 30.3 Å². The topological polar surface area (TPSA) is 128 Å². The molecule has 0 amide bonds. The average molecular weight is 266 g/mol. The lowest BCUT2D eigenvalue weighted by atomic mass is 10.2. The zero-order chi connectivity index (χ0) is 10.6. The molecule has 1 atom stereocenters.